The first-order chi connectivity index (χ1) is 13.5. The molecular weight excluding hydrogens is 363 g/mol. The number of nitrogens with one attached hydrogen (secondary N) is 1. The number of urea groups is 1. The molecule has 2 atom stereocenters. The molecule has 2 bridgehead atoms. The lowest BCUT2D eigenvalue weighted by atomic mass is 9.80. The average molecular weight is 384 g/mol. The van der Waals surface area contributed by atoms with Gasteiger partial charge in [-0.2, -0.15) is 0 Å². The zero-order valence-corrected chi connectivity index (χ0v) is 15.2. The first-order valence-corrected chi connectivity index (χ1v) is 9.50. The Balaban J connectivity index is 1.38. The van der Waals surface area contributed by atoms with Gasteiger partial charge in [0.25, 0.3) is 0 Å². The molecule has 7 heteroatoms. The van der Waals surface area contributed by atoms with Crippen molar-refractivity contribution in [2.75, 3.05) is 12.1 Å². The van der Waals surface area contributed by atoms with Crippen LogP contribution in [0.15, 0.2) is 42.5 Å². The summed E-state index contributed by atoms with van der Waals surface area (Å²) in [4.78, 5) is 14.8. The van der Waals surface area contributed by atoms with Crippen LogP contribution in [-0.2, 0) is 5.60 Å². The topological polar surface area (TPSA) is 71.0 Å². The fourth-order valence-corrected chi connectivity index (χ4v) is 4.78. The van der Waals surface area contributed by atoms with Crippen molar-refractivity contribution in [3.8, 4) is 11.5 Å². The van der Waals surface area contributed by atoms with Gasteiger partial charge >= 0.3 is 6.03 Å². The molecule has 3 aliphatic heterocycles. The van der Waals surface area contributed by atoms with Gasteiger partial charge in [0, 0.05) is 24.9 Å². The molecule has 146 valence electrons. The van der Waals surface area contributed by atoms with Crippen LogP contribution >= 0.6 is 0 Å². The third-order valence-electron chi connectivity index (χ3n) is 6.03. The minimum atomic E-state index is -0.944. The molecule has 2 aromatic carbocycles. The van der Waals surface area contributed by atoms with Crippen LogP contribution < -0.4 is 14.8 Å². The van der Waals surface area contributed by atoms with E-state index in [9.17, 15) is 14.3 Å². The van der Waals surface area contributed by atoms with Gasteiger partial charge in [-0.25, -0.2) is 9.18 Å². The predicted octanol–water partition coefficient (Wildman–Crippen LogP) is 3.60. The highest BCUT2D eigenvalue weighted by atomic mass is 19.1. The highest BCUT2D eigenvalue weighted by Crippen LogP contribution is 2.46. The van der Waals surface area contributed by atoms with E-state index in [-0.39, 0.29) is 36.3 Å². The number of aliphatic hydroxyl groups is 1. The fraction of sp³-hybridized carbons (Fsp3) is 0.381. The summed E-state index contributed by atoms with van der Waals surface area (Å²) in [7, 11) is 0. The Morgan fingerprint density at radius 2 is 1.82 bits per heavy atom. The number of hydrogen-bond acceptors (Lipinski definition) is 4. The van der Waals surface area contributed by atoms with E-state index in [0.29, 0.717) is 18.6 Å². The molecule has 2 amide bonds. The summed E-state index contributed by atoms with van der Waals surface area (Å²) >= 11 is 0. The molecule has 3 aliphatic rings. The third kappa shape index (κ3) is 2.69. The molecule has 3 heterocycles. The molecule has 5 rings (SSSR count). The van der Waals surface area contributed by atoms with Crippen LogP contribution in [0.5, 0.6) is 11.5 Å². The van der Waals surface area contributed by atoms with Crippen LogP contribution in [0.3, 0.4) is 0 Å². The van der Waals surface area contributed by atoms with Gasteiger partial charge in [0.05, 0.1) is 5.60 Å². The molecule has 2 fully saturated rings. The van der Waals surface area contributed by atoms with Crippen LogP contribution in [0.2, 0.25) is 0 Å². The summed E-state index contributed by atoms with van der Waals surface area (Å²) in [5.41, 5.74) is -0.0622. The molecule has 2 unspecified atom stereocenters. The molecule has 2 saturated heterocycles. The molecule has 0 radical (unpaired) electrons. The number of rotatable bonds is 2. The number of nitrogens with zero attached hydrogens (tertiary/aromatic N) is 1. The Hall–Kier alpha value is -2.80. The third-order valence-corrected chi connectivity index (χ3v) is 6.03. The fourth-order valence-electron chi connectivity index (χ4n) is 4.78. The van der Waals surface area contributed by atoms with Crippen LogP contribution in [0, 0.1) is 5.82 Å². The standard InChI is InChI=1S/C21H21FN2O4/c22-16-8-9-17-19(28-12-27-17)18(16)23-20(25)24-14-6-7-15(24)11-21(26,10-14)13-4-2-1-3-5-13/h1-5,8-9,14-15,26H,6-7,10-12H2,(H,23,25). The summed E-state index contributed by atoms with van der Waals surface area (Å²) in [6.07, 6.45) is 2.58. The maximum atomic E-state index is 14.3. The lowest BCUT2D eigenvalue weighted by molar-refractivity contribution is -0.0422. The van der Waals surface area contributed by atoms with Gasteiger partial charge in [0.2, 0.25) is 6.79 Å². The summed E-state index contributed by atoms with van der Waals surface area (Å²) in [5.74, 6) is 0.0676. The summed E-state index contributed by atoms with van der Waals surface area (Å²) in [6.45, 7) is 0.000724. The minimum absolute atomic E-state index is 0.000724. The Morgan fingerprint density at radius 1 is 1.11 bits per heavy atom. The SMILES string of the molecule is O=C(Nc1c(F)ccc2c1OCO2)N1C2CCC1CC(O)(c1ccccc1)C2. The van der Waals surface area contributed by atoms with Crippen molar-refractivity contribution in [3.05, 3.63) is 53.8 Å². The van der Waals surface area contributed by atoms with E-state index in [1.807, 2.05) is 30.3 Å². The quantitative estimate of drug-likeness (QED) is 0.830. The Labute approximate surface area is 161 Å². The first-order valence-electron chi connectivity index (χ1n) is 9.50. The van der Waals surface area contributed by atoms with Gasteiger partial charge in [0.15, 0.2) is 17.3 Å². The number of fused-ring (bicyclic) bond motifs is 3. The smallest absolute Gasteiger partial charge is 0.322 e. The monoisotopic (exact) mass is 384 g/mol. The minimum Gasteiger partial charge on any atom is -0.454 e. The summed E-state index contributed by atoms with van der Waals surface area (Å²) < 4.78 is 24.9. The zero-order chi connectivity index (χ0) is 19.3. The molecule has 0 aromatic heterocycles. The number of anilines is 1. The van der Waals surface area contributed by atoms with E-state index >= 15 is 0 Å². The number of carbonyl (C=O) groups is 1. The van der Waals surface area contributed by atoms with Gasteiger partial charge in [-0.1, -0.05) is 30.3 Å². The second-order valence-electron chi connectivity index (χ2n) is 7.68. The predicted molar refractivity (Wildman–Crippen MR) is 99.8 cm³/mol. The number of amides is 2. The van der Waals surface area contributed by atoms with Crippen molar-refractivity contribution >= 4 is 11.7 Å². The number of carbonyl (C=O) groups excluding carboxylic acids is 1. The molecule has 2 aromatic rings. The van der Waals surface area contributed by atoms with Crippen molar-refractivity contribution in [1.29, 1.82) is 0 Å². The Kier molecular flexibility index (Phi) is 3.94. The molecular formula is C21H21FN2O4. The average Bonchev–Trinajstić information content (AvgIpc) is 3.28. The van der Waals surface area contributed by atoms with E-state index < -0.39 is 11.4 Å². The lowest BCUT2D eigenvalue weighted by Gasteiger charge is -2.44. The molecule has 0 aliphatic carbocycles. The summed E-state index contributed by atoms with van der Waals surface area (Å²) in [6, 6.07) is 11.8. The maximum Gasteiger partial charge on any atom is 0.322 e. The van der Waals surface area contributed by atoms with E-state index in [1.165, 1.54) is 12.1 Å². The van der Waals surface area contributed by atoms with E-state index in [2.05, 4.69) is 5.32 Å². The van der Waals surface area contributed by atoms with Gasteiger partial charge < -0.3 is 24.8 Å². The summed E-state index contributed by atoms with van der Waals surface area (Å²) in [5, 5.41) is 13.9. The second-order valence-corrected chi connectivity index (χ2v) is 7.68. The lowest BCUT2D eigenvalue weighted by Crippen LogP contribution is -2.53. The molecule has 0 spiro atoms. The van der Waals surface area contributed by atoms with Crippen molar-refractivity contribution in [1.82, 2.24) is 4.90 Å². The van der Waals surface area contributed by atoms with Crippen LogP contribution in [-0.4, -0.2) is 34.9 Å². The zero-order valence-electron chi connectivity index (χ0n) is 15.2. The van der Waals surface area contributed by atoms with Crippen LogP contribution in [0.1, 0.15) is 31.2 Å². The normalized spacial score (nSPS) is 27.7. The van der Waals surface area contributed by atoms with Crippen molar-refractivity contribution < 1.29 is 23.8 Å². The van der Waals surface area contributed by atoms with Gasteiger partial charge in [-0.3, -0.25) is 0 Å². The Morgan fingerprint density at radius 3 is 2.54 bits per heavy atom. The van der Waals surface area contributed by atoms with E-state index in [1.54, 1.807) is 4.90 Å². The maximum absolute atomic E-state index is 14.3. The van der Waals surface area contributed by atoms with Gasteiger partial charge in [-0.15, -0.1) is 0 Å². The first kappa shape index (κ1) is 17.3. The van der Waals surface area contributed by atoms with Gasteiger partial charge in [-0.05, 0) is 30.5 Å². The Bertz CT molecular complexity index is 906. The van der Waals surface area contributed by atoms with Crippen molar-refractivity contribution in [3.63, 3.8) is 0 Å². The molecule has 0 saturated carbocycles. The van der Waals surface area contributed by atoms with Crippen LogP contribution in [0.4, 0.5) is 14.9 Å². The van der Waals surface area contributed by atoms with Gasteiger partial charge in [0.1, 0.15) is 5.69 Å². The molecule has 2 N–H and O–H groups in total. The second kappa shape index (κ2) is 6.38. The highest BCUT2D eigenvalue weighted by Gasteiger charge is 2.50. The molecule has 28 heavy (non-hydrogen) atoms. The van der Waals surface area contributed by atoms with Crippen molar-refractivity contribution in [2.45, 2.75) is 43.4 Å². The number of hydrogen-bond donors (Lipinski definition) is 2. The van der Waals surface area contributed by atoms with Crippen LogP contribution in [0.25, 0.3) is 0 Å². The number of halogens is 1. The number of ether oxygens (including phenoxy) is 2. The number of benzene rings is 2. The highest BCUT2D eigenvalue weighted by molar-refractivity contribution is 5.92. The number of piperidine rings is 1. The molecule has 6 nitrogen and oxygen atoms in total. The van der Waals surface area contributed by atoms with Crippen molar-refractivity contribution in [2.24, 2.45) is 0 Å². The van der Waals surface area contributed by atoms with E-state index in [4.69, 9.17) is 9.47 Å². The largest absolute Gasteiger partial charge is 0.454 e. The van der Waals surface area contributed by atoms with E-state index in [0.717, 1.165) is 18.4 Å².